The van der Waals surface area contributed by atoms with Crippen molar-refractivity contribution in [3.63, 3.8) is 0 Å². The Morgan fingerprint density at radius 3 is 1.51 bits per heavy atom. The van der Waals surface area contributed by atoms with E-state index in [-0.39, 0.29) is 25.2 Å². The van der Waals surface area contributed by atoms with E-state index in [4.69, 9.17) is 43.0 Å². The lowest BCUT2D eigenvalue weighted by Crippen LogP contribution is -2.32. The molecule has 2 aromatic carbocycles. The molecule has 0 radical (unpaired) electrons. The third-order valence-corrected chi connectivity index (χ3v) is 7.48. The zero-order valence-corrected chi connectivity index (χ0v) is 29.4. The van der Waals surface area contributed by atoms with Crippen molar-refractivity contribution in [2.75, 3.05) is 132 Å². The first-order valence-corrected chi connectivity index (χ1v) is 17.1. The first-order chi connectivity index (χ1) is 25.0. The number of nitrogens with zero attached hydrogens (tertiary/aromatic N) is 1. The molecule has 2 aromatic rings. The number of aliphatic carboxylic acids is 1. The van der Waals surface area contributed by atoms with E-state index in [1.165, 1.54) is 27.2 Å². The van der Waals surface area contributed by atoms with Crippen LogP contribution >= 0.6 is 0 Å². The fourth-order valence-electron chi connectivity index (χ4n) is 4.96. The van der Waals surface area contributed by atoms with E-state index in [9.17, 15) is 14.4 Å². The molecule has 0 saturated carbocycles. The van der Waals surface area contributed by atoms with Crippen LogP contribution in [0.3, 0.4) is 0 Å². The number of ether oxygens (including phenoxy) is 9. The van der Waals surface area contributed by atoms with E-state index in [0.29, 0.717) is 106 Å². The van der Waals surface area contributed by atoms with Crippen LogP contribution in [-0.2, 0) is 52.2 Å². The van der Waals surface area contributed by atoms with Gasteiger partial charge in [-0.25, -0.2) is 9.59 Å². The second kappa shape index (κ2) is 26.2. The number of carbonyl (C=O) groups is 3. The van der Waals surface area contributed by atoms with Gasteiger partial charge in [-0.15, -0.1) is 0 Å². The first-order valence-electron chi connectivity index (χ1n) is 17.1. The van der Waals surface area contributed by atoms with Crippen LogP contribution in [0.25, 0.3) is 11.1 Å². The second-order valence-corrected chi connectivity index (χ2v) is 11.2. The summed E-state index contributed by atoms with van der Waals surface area (Å²) in [7, 11) is 1.70. The standard InChI is InChI=1S/C36H52N2O13/c1-38(36(42)51-26-33-31-8-4-2-6-29(31)30-7-3-5-9-32(30)33)11-13-44-15-17-46-19-21-48-23-25-49-24-22-47-20-18-45-16-14-43-12-10-37-34(39)27-50-28-35(40)41/h2-9,33H,10-28H2,1H3,(H,37,39)(H,40,41). The SMILES string of the molecule is CN(CCOCCOCCOCCOCCOCCOCCOCCNC(=O)COCC(=O)O)C(=O)OCC1c2ccccc2-c2ccccc21. The highest BCUT2D eigenvalue weighted by atomic mass is 16.6. The van der Waals surface area contributed by atoms with E-state index < -0.39 is 18.5 Å². The number of rotatable bonds is 30. The monoisotopic (exact) mass is 720 g/mol. The van der Waals surface area contributed by atoms with Crippen LogP contribution in [0.15, 0.2) is 48.5 Å². The lowest BCUT2D eigenvalue weighted by molar-refractivity contribution is -0.143. The van der Waals surface area contributed by atoms with Gasteiger partial charge in [-0.2, -0.15) is 0 Å². The molecule has 284 valence electrons. The molecule has 0 spiro atoms. The molecule has 51 heavy (non-hydrogen) atoms. The number of hydrogen-bond donors (Lipinski definition) is 2. The lowest BCUT2D eigenvalue weighted by atomic mass is 9.98. The van der Waals surface area contributed by atoms with Crippen molar-refractivity contribution >= 4 is 18.0 Å². The summed E-state index contributed by atoms with van der Waals surface area (Å²) in [5.74, 6) is -1.50. The summed E-state index contributed by atoms with van der Waals surface area (Å²) < 4.78 is 48.6. The van der Waals surface area contributed by atoms with E-state index in [0.717, 1.165) is 0 Å². The van der Waals surface area contributed by atoms with Crippen LogP contribution in [0, 0.1) is 0 Å². The van der Waals surface area contributed by atoms with Crippen LogP contribution in [0.4, 0.5) is 4.79 Å². The largest absolute Gasteiger partial charge is 0.480 e. The van der Waals surface area contributed by atoms with Gasteiger partial charge in [-0.1, -0.05) is 48.5 Å². The third-order valence-electron chi connectivity index (χ3n) is 7.48. The normalized spacial score (nSPS) is 12.0. The van der Waals surface area contributed by atoms with Gasteiger partial charge in [0.2, 0.25) is 5.91 Å². The van der Waals surface area contributed by atoms with Crippen LogP contribution < -0.4 is 5.32 Å². The van der Waals surface area contributed by atoms with Crippen LogP contribution in [-0.4, -0.2) is 160 Å². The summed E-state index contributed by atoms with van der Waals surface area (Å²) in [5.41, 5.74) is 4.76. The fourth-order valence-corrected chi connectivity index (χ4v) is 4.96. The number of hydrogen-bond acceptors (Lipinski definition) is 12. The topological polar surface area (TPSA) is 170 Å². The van der Waals surface area contributed by atoms with Gasteiger partial charge >= 0.3 is 12.1 Å². The molecule has 3 rings (SSSR count). The molecule has 0 atom stereocenters. The summed E-state index contributed by atoms with van der Waals surface area (Å²) in [6.07, 6.45) is -0.376. The van der Waals surface area contributed by atoms with Gasteiger partial charge < -0.3 is 58.0 Å². The minimum Gasteiger partial charge on any atom is -0.480 e. The van der Waals surface area contributed by atoms with Gasteiger partial charge in [-0.05, 0) is 22.3 Å². The Labute approximate surface area is 299 Å². The maximum Gasteiger partial charge on any atom is 0.409 e. The Morgan fingerprint density at radius 1 is 0.608 bits per heavy atom. The van der Waals surface area contributed by atoms with Crippen LogP contribution in [0.1, 0.15) is 17.0 Å². The Hall–Kier alpha value is -3.67. The maximum absolute atomic E-state index is 12.6. The van der Waals surface area contributed by atoms with E-state index >= 15 is 0 Å². The smallest absolute Gasteiger partial charge is 0.409 e. The lowest BCUT2D eigenvalue weighted by Gasteiger charge is -2.19. The van der Waals surface area contributed by atoms with Crippen LogP contribution in [0.5, 0.6) is 0 Å². The molecule has 1 aliphatic carbocycles. The number of nitrogens with one attached hydrogen (secondary N) is 1. The van der Waals surface area contributed by atoms with Crippen molar-refractivity contribution in [3.05, 3.63) is 59.7 Å². The number of carboxylic acids is 1. The molecule has 0 fully saturated rings. The number of carbonyl (C=O) groups excluding carboxylic acids is 2. The molecular weight excluding hydrogens is 668 g/mol. The zero-order valence-electron chi connectivity index (χ0n) is 29.4. The summed E-state index contributed by atoms with van der Waals surface area (Å²) in [6, 6.07) is 16.5. The average Bonchev–Trinajstić information content (AvgIpc) is 3.45. The number of likely N-dealkylation sites (N-methyl/N-ethyl adjacent to an activating group) is 1. The molecule has 1 aliphatic rings. The Kier molecular flexibility index (Phi) is 21.4. The molecule has 15 nitrogen and oxygen atoms in total. The van der Waals surface area contributed by atoms with E-state index in [1.807, 2.05) is 24.3 Å². The van der Waals surface area contributed by atoms with Gasteiger partial charge in [0, 0.05) is 26.1 Å². The summed E-state index contributed by atoms with van der Waals surface area (Å²) in [6.45, 7) is 6.02. The second-order valence-electron chi connectivity index (χ2n) is 11.2. The Bertz CT molecular complexity index is 1240. The predicted molar refractivity (Wildman–Crippen MR) is 185 cm³/mol. The van der Waals surface area contributed by atoms with E-state index in [1.54, 1.807) is 7.05 Å². The summed E-state index contributed by atoms with van der Waals surface area (Å²) >= 11 is 0. The molecule has 2 amide bonds. The molecule has 0 heterocycles. The number of fused-ring (bicyclic) bond motifs is 3. The van der Waals surface area contributed by atoms with Crippen molar-refractivity contribution in [3.8, 4) is 11.1 Å². The molecular formula is C36H52N2O13. The number of benzene rings is 2. The van der Waals surface area contributed by atoms with Crippen molar-refractivity contribution in [2.24, 2.45) is 0 Å². The van der Waals surface area contributed by atoms with Crippen molar-refractivity contribution < 1.29 is 62.1 Å². The fraction of sp³-hybridized carbons (Fsp3) is 0.583. The average molecular weight is 721 g/mol. The molecule has 0 saturated heterocycles. The highest BCUT2D eigenvalue weighted by molar-refractivity contribution is 5.79. The predicted octanol–water partition coefficient (Wildman–Crippen LogP) is 2.20. The number of amides is 2. The molecule has 0 unspecified atom stereocenters. The molecule has 0 aromatic heterocycles. The molecule has 15 heteroatoms. The van der Waals surface area contributed by atoms with Gasteiger partial charge in [0.05, 0.1) is 92.5 Å². The van der Waals surface area contributed by atoms with Gasteiger partial charge in [0.25, 0.3) is 0 Å². The minimum absolute atomic E-state index is 0.0295. The van der Waals surface area contributed by atoms with Gasteiger partial charge in [0.1, 0.15) is 19.8 Å². The van der Waals surface area contributed by atoms with Crippen molar-refractivity contribution in [1.29, 1.82) is 0 Å². The summed E-state index contributed by atoms with van der Waals surface area (Å²) in [4.78, 5) is 35.8. The molecule has 0 aliphatic heterocycles. The quantitative estimate of drug-likeness (QED) is 0.113. The van der Waals surface area contributed by atoms with Crippen molar-refractivity contribution in [1.82, 2.24) is 10.2 Å². The Morgan fingerprint density at radius 2 is 1.04 bits per heavy atom. The van der Waals surface area contributed by atoms with Crippen LogP contribution in [0.2, 0.25) is 0 Å². The third kappa shape index (κ3) is 17.4. The van der Waals surface area contributed by atoms with E-state index in [2.05, 4.69) is 34.3 Å². The zero-order chi connectivity index (χ0) is 36.4. The Balaban J connectivity index is 1.01. The van der Waals surface area contributed by atoms with Gasteiger partial charge in [0.15, 0.2) is 0 Å². The highest BCUT2D eigenvalue weighted by Gasteiger charge is 2.29. The minimum atomic E-state index is -1.13. The number of carboxylic acid groups (broad SMARTS) is 1. The maximum atomic E-state index is 12.6. The first kappa shape index (κ1) is 41.7. The van der Waals surface area contributed by atoms with Crippen molar-refractivity contribution in [2.45, 2.75) is 5.92 Å². The molecule has 0 bridgehead atoms. The van der Waals surface area contributed by atoms with Gasteiger partial charge in [-0.3, -0.25) is 4.79 Å². The highest BCUT2D eigenvalue weighted by Crippen LogP contribution is 2.44. The molecule has 2 N–H and O–H groups in total. The summed E-state index contributed by atoms with van der Waals surface area (Å²) in [5, 5.41) is 11.0.